The summed E-state index contributed by atoms with van der Waals surface area (Å²) in [4.78, 5) is 25.5. The lowest BCUT2D eigenvalue weighted by atomic mass is 9.95. The number of hydrogen-bond acceptors (Lipinski definition) is 5. The predicted molar refractivity (Wildman–Crippen MR) is 128 cm³/mol. The number of anilines is 1. The molecule has 8 nitrogen and oxygen atoms in total. The van der Waals surface area contributed by atoms with E-state index in [9.17, 15) is 23.1 Å². The molecule has 0 atom stereocenters. The van der Waals surface area contributed by atoms with Crippen LogP contribution in [0, 0.1) is 5.92 Å². The normalized spacial score (nSPS) is 17.4. The molecule has 0 spiro atoms. The van der Waals surface area contributed by atoms with Crippen LogP contribution in [0.25, 0.3) is 0 Å². The van der Waals surface area contributed by atoms with Gasteiger partial charge in [-0.05, 0) is 74.3 Å². The number of nitrogens with zero attached hydrogens (tertiary/aromatic N) is 1. The largest absolute Gasteiger partial charge is 0.478 e. The maximum atomic E-state index is 12.8. The molecule has 0 bridgehead atoms. The van der Waals surface area contributed by atoms with Crippen LogP contribution in [0.4, 0.5) is 9.80 Å². The Morgan fingerprint density at radius 3 is 2.45 bits per heavy atom. The molecule has 11 heteroatoms. The number of piperidine rings is 1. The summed E-state index contributed by atoms with van der Waals surface area (Å²) in [5.41, 5.74) is 1.06. The molecule has 1 fully saturated rings. The number of rotatable bonds is 6. The van der Waals surface area contributed by atoms with Crippen molar-refractivity contribution in [3.05, 3.63) is 45.3 Å². The van der Waals surface area contributed by atoms with Crippen LogP contribution in [0.3, 0.4) is 0 Å². The van der Waals surface area contributed by atoms with E-state index in [1.165, 1.54) is 27.8 Å². The molecule has 4 rings (SSSR count). The van der Waals surface area contributed by atoms with Crippen molar-refractivity contribution in [3.8, 4) is 0 Å². The minimum absolute atomic E-state index is 0.142. The molecule has 2 aromatic rings. The SMILES string of the molecule is O=C(NCC1CCN(S(=O)(=O)c2ccc(Cl)cc2)CC1)Nc1sc2c(c1C(=O)O)CCCC2. The fourth-order valence-electron chi connectivity index (χ4n) is 4.37. The molecule has 1 aliphatic carbocycles. The number of benzene rings is 1. The maximum Gasteiger partial charge on any atom is 0.339 e. The number of halogens is 1. The molecule has 33 heavy (non-hydrogen) atoms. The Bertz CT molecular complexity index is 1140. The van der Waals surface area contributed by atoms with Crippen LogP contribution in [0.15, 0.2) is 29.2 Å². The number of aryl methyl sites for hydroxylation is 1. The second kappa shape index (κ2) is 10.0. The highest BCUT2D eigenvalue weighted by molar-refractivity contribution is 7.89. The Morgan fingerprint density at radius 1 is 1.12 bits per heavy atom. The predicted octanol–water partition coefficient (Wildman–Crippen LogP) is 4.20. The Morgan fingerprint density at radius 2 is 1.79 bits per heavy atom. The zero-order valence-electron chi connectivity index (χ0n) is 18.0. The van der Waals surface area contributed by atoms with E-state index < -0.39 is 22.0 Å². The van der Waals surface area contributed by atoms with Crippen molar-refractivity contribution in [2.24, 2.45) is 5.92 Å². The quantitative estimate of drug-likeness (QED) is 0.537. The summed E-state index contributed by atoms with van der Waals surface area (Å²) in [6, 6.07) is 5.69. The van der Waals surface area contributed by atoms with Crippen molar-refractivity contribution in [2.75, 3.05) is 25.0 Å². The minimum Gasteiger partial charge on any atom is -0.478 e. The Labute approximate surface area is 202 Å². The van der Waals surface area contributed by atoms with E-state index in [4.69, 9.17) is 11.6 Å². The van der Waals surface area contributed by atoms with E-state index in [-0.39, 0.29) is 16.4 Å². The summed E-state index contributed by atoms with van der Waals surface area (Å²) in [5.74, 6) is -0.873. The average molecular weight is 512 g/mol. The van der Waals surface area contributed by atoms with Gasteiger partial charge in [0, 0.05) is 29.5 Å². The van der Waals surface area contributed by atoms with E-state index in [0.29, 0.717) is 42.5 Å². The number of urea groups is 1. The lowest BCUT2D eigenvalue weighted by molar-refractivity contribution is 0.0697. The monoisotopic (exact) mass is 511 g/mol. The first-order valence-electron chi connectivity index (χ1n) is 10.9. The molecular weight excluding hydrogens is 486 g/mol. The summed E-state index contributed by atoms with van der Waals surface area (Å²) < 4.78 is 27.1. The fourth-order valence-corrected chi connectivity index (χ4v) is 7.25. The lowest BCUT2D eigenvalue weighted by Crippen LogP contribution is -2.42. The average Bonchev–Trinajstić information content (AvgIpc) is 3.16. The van der Waals surface area contributed by atoms with Crippen LogP contribution >= 0.6 is 22.9 Å². The zero-order chi connectivity index (χ0) is 23.6. The summed E-state index contributed by atoms with van der Waals surface area (Å²) in [6.07, 6.45) is 4.82. The summed E-state index contributed by atoms with van der Waals surface area (Å²) in [7, 11) is -3.57. The lowest BCUT2D eigenvalue weighted by Gasteiger charge is -2.31. The molecule has 1 aromatic carbocycles. The van der Waals surface area contributed by atoms with Crippen LogP contribution in [0.1, 0.15) is 46.5 Å². The van der Waals surface area contributed by atoms with Gasteiger partial charge in [0.05, 0.1) is 10.5 Å². The van der Waals surface area contributed by atoms with Gasteiger partial charge in [-0.2, -0.15) is 4.31 Å². The molecule has 0 radical (unpaired) electrons. The Balaban J connectivity index is 1.30. The van der Waals surface area contributed by atoms with E-state index in [1.807, 2.05) is 0 Å². The fraction of sp³-hybridized carbons (Fsp3) is 0.455. The number of sulfonamides is 1. The highest BCUT2D eigenvalue weighted by Gasteiger charge is 2.30. The number of carboxylic acids is 1. The van der Waals surface area contributed by atoms with Gasteiger partial charge in [-0.25, -0.2) is 18.0 Å². The van der Waals surface area contributed by atoms with Crippen LogP contribution < -0.4 is 10.6 Å². The molecule has 3 N–H and O–H groups in total. The summed E-state index contributed by atoms with van der Waals surface area (Å²) in [6.45, 7) is 1.15. The Kier molecular flexibility index (Phi) is 7.28. The topological polar surface area (TPSA) is 116 Å². The van der Waals surface area contributed by atoms with Gasteiger partial charge in [-0.15, -0.1) is 11.3 Å². The number of carbonyl (C=O) groups excluding carboxylic acids is 1. The molecule has 1 aromatic heterocycles. The third-order valence-electron chi connectivity index (χ3n) is 6.19. The Hall–Kier alpha value is -2.14. The van der Waals surface area contributed by atoms with Crippen molar-refractivity contribution < 1.29 is 23.1 Å². The van der Waals surface area contributed by atoms with Gasteiger partial charge in [0.25, 0.3) is 0 Å². The second-order valence-corrected chi connectivity index (χ2v) is 11.8. The second-order valence-electron chi connectivity index (χ2n) is 8.36. The number of nitrogens with one attached hydrogen (secondary N) is 2. The van der Waals surface area contributed by atoms with Crippen molar-refractivity contribution in [3.63, 3.8) is 0 Å². The van der Waals surface area contributed by atoms with Gasteiger partial charge in [0.2, 0.25) is 10.0 Å². The van der Waals surface area contributed by atoms with Gasteiger partial charge in [-0.3, -0.25) is 5.32 Å². The van der Waals surface area contributed by atoms with Crippen LogP contribution in [0.5, 0.6) is 0 Å². The van der Waals surface area contributed by atoms with E-state index in [1.54, 1.807) is 12.1 Å². The third kappa shape index (κ3) is 5.34. The number of thiophene rings is 1. The van der Waals surface area contributed by atoms with E-state index in [0.717, 1.165) is 36.1 Å². The summed E-state index contributed by atoms with van der Waals surface area (Å²) in [5, 5.41) is 16.0. The first-order chi connectivity index (χ1) is 15.8. The summed E-state index contributed by atoms with van der Waals surface area (Å²) >= 11 is 7.20. The molecule has 2 amide bonds. The van der Waals surface area contributed by atoms with Gasteiger partial charge >= 0.3 is 12.0 Å². The van der Waals surface area contributed by atoms with Crippen LogP contribution in [-0.4, -0.2) is 49.5 Å². The number of carbonyl (C=O) groups is 2. The number of amides is 2. The van der Waals surface area contributed by atoms with Crippen LogP contribution in [0.2, 0.25) is 5.02 Å². The third-order valence-corrected chi connectivity index (χ3v) is 9.56. The molecule has 1 saturated heterocycles. The number of aromatic carboxylic acids is 1. The van der Waals surface area contributed by atoms with Gasteiger partial charge in [-0.1, -0.05) is 11.6 Å². The van der Waals surface area contributed by atoms with Gasteiger partial charge < -0.3 is 10.4 Å². The maximum absolute atomic E-state index is 12.8. The minimum atomic E-state index is -3.57. The van der Waals surface area contributed by atoms with Crippen molar-refractivity contribution in [2.45, 2.75) is 43.4 Å². The number of hydrogen-bond donors (Lipinski definition) is 3. The standard InChI is InChI=1S/C22H26ClN3O5S2/c23-15-5-7-16(8-6-15)33(30,31)26-11-9-14(10-12-26)13-24-22(29)25-20-19(21(27)28)17-3-1-2-4-18(17)32-20/h5-8,14H,1-4,9-13H2,(H,27,28)(H2,24,25,29). The van der Waals surface area contributed by atoms with Crippen LogP contribution in [-0.2, 0) is 22.9 Å². The highest BCUT2D eigenvalue weighted by atomic mass is 35.5. The van der Waals surface area contributed by atoms with Gasteiger partial charge in [0.1, 0.15) is 5.00 Å². The van der Waals surface area contributed by atoms with E-state index in [2.05, 4.69) is 10.6 Å². The molecule has 2 aliphatic rings. The first-order valence-corrected chi connectivity index (χ1v) is 13.6. The first kappa shape index (κ1) is 24.0. The van der Waals surface area contributed by atoms with Gasteiger partial charge in [0.15, 0.2) is 0 Å². The number of carboxylic acid groups (broad SMARTS) is 1. The zero-order valence-corrected chi connectivity index (χ0v) is 20.4. The highest BCUT2D eigenvalue weighted by Crippen LogP contribution is 2.38. The molecule has 2 heterocycles. The molecule has 1 aliphatic heterocycles. The molecule has 178 valence electrons. The molecular formula is C22H26ClN3O5S2. The number of fused-ring (bicyclic) bond motifs is 1. The molecule has 0 saturated carbocycles. The van der Waals surface area contributed by atoms with Crippen molar-refractivity contribution >= 4 is 50.0 Å². The van der Waals surface area contributed by atoms with E-state index >= 15 is 0 Å². The molecule has 0 unspecified atom stereocenters. The van der Waals surface area contributed by atoms with Crippen molar-refractivity contribution in [1.82, 2.24) is 9.62 Å². The smallest absolute Gasteiger partial charge is 0.339 e. The van der Waals surface area contributed by atoms with Crippen molar-refractivity contribution in [1.29, 1.82) is 0 Å².